The molecule has 0 saturated carbocycles. The number of ether oxygens (including phenoxy) is 5. The highest BCUT2D eigenvalue weighted by Crippen LogP contribution is 2.55. The number of hydrogen-bond donors (Lipinski definition) is 4. The van der Waals surface area contributed by atoms with E-state index < -0.39 is 140 Å². The van der Waals surface area contributed by atoms with Crippen molar-refractivity contribution < 1.29 is 152 Å². The molecule has 8 saturated heterocycles. The zero-order valence-electron chi connectivity index (χ0n) is 81.1. The molecule has 0 amide bonds. The first-order valence-corrected chi connectivity index (χ1v) is 54.8. The number of aliphatic hydroxyl groups is 4. The summed E-state index contributed by atoms with van der Waals surface area (Å²) < 4.78 is 195. The van der Waals surface area contributed by atoms with E-state index in [4.69, 9.17) is 172 Å². The predicted octanol–water partition coefficient (Wildman–Crippen LogP) is 14.6. The lowest BCUT2D eigenvalue weighted by atomic mass is 9.79. The SMILES string of the molecule is F.F.F.FF.FF.FF.FF.FF.FF.[B][C@@H]1O[C@@H]2CO[Si](C(C)C)(C(C)C)O[Si](C(C)C)(C(C)C)O[C@H]2[C@@]1(C)N=[N+]=[N-].[B][C@@H]1O[C@@H]2CO[Si](C(C)C)(C(C)C)O[Si](C(C)C)(C(C)C)O[C@H]2[C@@]1(C)n1ccnn1.[B][C@@H]1O[C@@H]2CO[Si](C(C)C)(C(C)C)O[Si](C(C)C)(C(C)C)O[C@H]2[C@@]1(C)n1ccnn1.[B][C@@H]1O[C@H](CO)[C@@H](O)[C@@]1(C)n1ccnn1.[B][C@@H]1O[C@H](CO)[C@@H](O)[C@@]1(C)n1ccnn1. The summed E-state index contributed by atoms with van der Waals surface area (Å²) in [4.78, 5) is 3.03. The molecule has 12 heterocycles. The Kier molecular flexibility index (Phi) is 54.9. The maximum Gasteiger partial charge on any atom is 0.335 e. The van der Waals surface area contributed by atoms with Crippen molar-refractivity contribution in [3.8, 4) is 0 Å². The van der Waals surface area contributed by atoms with Crippen molar-refractivity contribution in [2.45, 2.75) is 386 Å². The second-order valence-electron chi connectivity index (χ2n) is 37.5. The normalized spacial score (nSPS) is 32.1. The molecule has 0 unspecified atom stereocenters. The van der Waals surface area contributed by atoms with Crippen molar-refractivity contribution in [3.63, 3.8) is 0 Å². The first kappa shape index (κ1) is 131. The maximum atomic E-state index is 10.00. The molecule has 4 aromatic heterocycles. The highest BCUT2D eigenvalue weighted by Gasteiger charge is 2.69. The molecule has 20 atom stereocenters. The quantitative estimate of drug-likeness (QED) is 0.0223. The topological polar surface area (TPSA) is 382 Å². The van der Waals surface area contributed by atoms with E-state index in [1.54, 1.807) is 54.9 Å². The molecule has 10 radical (unpaired) electrons. The molecular weight excluding hydrogens is 1890 g/mol. The molecule has 0 spiro atoms. The molecule has 59 heteroatoms. The van der Waals surface area contributed by atoms with Gasteiger partial charge in [-0.2, -0.15) is 0 Å². The summed E-state index contributed by atoms with van der Waals surface area (Å²) in [6, 6.07) is -3.38. The van der Waals surface area contributed by atoms with Crippen molar-refractivity contribution in [1.82, 2.24) is 60.0 Å². The number of azide groups is 1. The Hall–Kier alpha value is -4.27. The summed E-state index contributed by atoms with van der Waals surface area (Å²) in [5.41, 5.74) is 7.94. The number of nitrogens with zero attached hydrogens (tertiary/aromatic N) is 15. The Balaban J connectivity index is 0. The minimum atomic E-state index is -2.80. The van der Waals surface area contributed by atoms with Crippen molar-refractivity contribution >= 4 is 90.6 Å². The van der Waals surface area contributed by atoms with E-state index in [1.807, 2.05) is 26.2 Å². The fourth-order valence-corrected chi connectivity index (χ4v) is 52.3. The van der Waals surface area contributed by atoms with Crippen LogP contribution < -0.4 is 0 Å². The number of rotatable bonds is 19. The Labute approximate surface area is 783 Å². The predicted molar refractivity (Wildman–Crippen MR) is 483 cm³/mol. The van der Waals surface area contributed by atoms with Gasteiger partial charge in [0.15, 0.2) is 0 Å². The highest BCUT2D eigenvalue weighted by atomic mass is 28.5. The van der Waals surface area contributed by atoms with Crippen molar-refractivity contribution in [1.29, 1.82) is 0 Å². The second-order valence-corrected chi connectivity index (χ2v) is 64.0. The van der Waals surface area contributed by atoms with Crippen LogP contribution in [0.5, 0.6) is 0 Å². The van der Waals surface area contributed by atoms with Gasteiger partial charge in [-0.15, -0.1) is 20.4 Å². The molecule has 0 bridgehead atoms. The summed E-state index contributed by atoms with van der Waals surface area (Å²) in [6.45, 7) is 62.7. The first-order valence-electron chi connectivity index (χ1n) is 43.0. The van der Waals surface area contributed by atoms with Gasteiger partial charge in [-0.05, 0) is 107 Å². The van der Waals surface area contributed by atoms with Gasteiger partial charge in [0.05, 0.1) is 69.5 Å². The van der Waals surface area contributed by atoms with Crippen LogP contribution in [0.4, 0.5) is 69.0 Å². The summed E-state index contributed by atoms with van der Waals surface area (Å²) in [7, 11) is 14.8. The third-order valence-electron chi connectivity index (χ3n) is 26.4. The molecule has 0 aliphatic carbocycles. The van der Waals surface area contributed by atoms with Crippen LogP contribution in [0, 0.1) is 0 Å². The number of fused-ring (bicyclic) bond motifs is 3. The largest absolute Gasteiger partial charge is 0.414 e. The van der Waals surface area contributed by atoms with Gasteiger partial charge in [0.2, 0.25) is 0 Å². The molecule has 133 heavy (non-hydrogen) atoms. The number of halogens is 15. The standard InChI is InChI=1S/2C20H38BN3O4Si2.C18H36BN3O4Si2.2C8H12BN3O3.6F2.3FH/c2*1-13(2)29(14(3)4)25-12-17-18(27-30(28-29,15(5)6)16(7)8)20(9,19(21)26-17)24-11-10-22-23-24;1-11(2)27(12(3)4)23-10-15-16(18(9,21-22-20)17(19)24-15)25-28(26-27,13(5)6)14(7)8;2*1-8(12-3-2-10-11-12)6(14)5(4-13)15-7(8)9;6*1-2;;;/h2*10-11,13-19H,12H2,1-9H3;11-17H,10H2,1-9H3;2*2-3,5-7,13-14H,4H2,1H3;;;;;;;3*1H/t2*17-,18-,19-,20-;15-,16-,17-,18-;2*5-,6-,7-,8-;;;;;;;;;/m11111........./s1. The average Bonchev–Trinajstić information content (AvgIpc) is 1.62. The van der Waals surface area contributed by atoms with E-state index in [0.717, 1.165) is 0 Å². The number of aliphatic hydroxyl groups excluding tert-OH is 4. The molecule has 4 N–H and O–H groups in total. The van der Waals surface area contributed by atoms with Gasteiger partial charge in [-0.1, -0.05) is 192 Å². The molecule has 8 fully saturated rings. The van der Waals surface area contributed by atoms with Gasteiger partial charge in [0.25, 0.3) is 0 Å². The molecule has 4 aromatic rings. The van der Waals surface area contributed by atoms with E-state index in [1.165, 1.54) is 21.8 Å². The average molecular weight is 2030 g/mol. The molecule has 0 aromatic carbocycles. The van der Waals surface area contributed by atoms with Gasteiger partial charge in [0.1, 0.15) is 116 Å². The summed E-state index contributed by atoms with van der Waals surface area (Å²) in [6.07, 6.45) is 7.83. The first-order chi connectivity index (χ1) is 60.9. The minimum absolute atomic E-state index is 0. The van der Waals surface area contributed by atoms with Gasteiger partial charge >= 0.3 is 51.4 Å². The second kappa shape index (κ2) is 55.8. The Bertz CT molecular complexity index is 3640. The highest BCUT2D eigenvalue weighted by molar-refractivity contribution is 6.85. The lowest BCUT2D eigenvalue weighted by Gasteiger charge is -2.52. The zero-order chi connectivity index (χ0) is 101. The van der Waals surface area contributed by atoms with E-state index in [-0.39, 0.29) is 102 Å². The third kappa shape index (κ3) is 26.0. The fourth-order valence-electron chi connectivity index (χ4n) is 18.4. The Morgan fingerprint density at radius 2 is 0.556 bits per heavy atom. The molecular formula is C74H139B5F15N15O18Si6. The van der Waals surface area contributed by atoms with Crippen LogP contribution in [0.2, 0.25) is 66.5 Å². The van der Waals surface area contributed by atoms with Crippen LogP contribution in [-0.2, 0) is 84.7 Å². The van der Waals surface area contributed by atoms with Crippen LogP contribution in [0.3, 0.4) is 0 Å². The lowest BCUT2D eigenvalue weighted by Crippen LogP contribution is -2.67. The lowest BCUT2D eigenvalue weighted by molar-refractivity contribution is -0.0313. The van der Waals surface area contributed by atoms with Gasteiger partial charge < -0.3 is 83.0 Å². The minimum Gasteiger partial charge on any atom is -0.414 e. The van der Waals surface area contributed by atoms with Crippen LogP contribution in [0.25, 0.3) is 10.4 Å². The van der Waals surface area contributed by atoms with Crippen LogP contribution >= 0.6 is 0 Å². The van der Waals surface area contributed by atoms with Crippen LogP contribution in [0.1, 0.15) is 201 Å². The molecule has 8 aliphatic heterocycles. The summed E-state index contributed by atoms with van der Waals surface area (Å²) >= 11 is 0. The number of hydrogen-bond acceptors (Lipinski definition) is 27. The van der Waals surface area contributed by atoms with Crippen LogP contribution in [0.15, 0.2) is 54.7 Å². The Morgan fingerprint density at radius 3 is 0.752 bits per heavy atom. The molecule has 8 aliphatic rings. The van der Waals surface area contributed by atoms with E-state index in [0.29, 0.717) is 42.0 Å². The monoisotopic (exact) mass is 2030 g/mol. The Morgan fingerprint density at radius 1 is 0.353 bits per heavy atom. The van der Waals surface area contributed by atoms with Crippen LogP contribution in [-0.4, -0.2) is 301 Å². The van der Waals surface area contributed by atoms with Gasteiger partial charge in [-0.3, -0.25) is 14.1 Å². The molecule has 33 nitrogen and oxygen atoms in total. The molecule has 762 valence electrons. The molecule has 12 rings (SSSR count). The fraction of sp³-hybridized carbons (Fsp3) is 0.892. The maximum absolute atomic E-state index is 10.00. The number of aromatic nitrogens is 12. The smallest absolute Gasteiger partial charge is 0.335 e. The third-order valence-corrected chi connectivity index (χ3v) is 57.1. The van der Waals surface area contributed by atoms with Crippen molar-refractivity contribution in [2.75, 3.05) is 33.0 Å². The van der Waals surface area contributed by atoms with Crippen molar-refractivity contribution in [3.05, 3.63) is 60.0 Å². The summed E-state index contributed by atoms with van der Waals surface area (Å²) in [5.74, 6) is 0. The van der Waals surface area contributed by atoms with Crippen molar-refractivity contribution in [2.24, 2.45) is 5.11 Å². The van der Waals surface area contributed by atoms with E-state index in [2.05, 4.69) is 217 Å². The van der Waals surface area contributed by atoms with Gasteiger partial charge in [0, 0.05) is 115 Å². The van der Waals surface area contributed by atoms with E-state index >= 15 is 0 Å². The zero-order valence-corrected chi connectivity index (χ0v) is 87.1. The van der Waals surface area contributed by atoms with E-state index in [9.17, 15) is 10.2 Å². The summed E-state index contributed by atoms with van der Waals surface area (Å²) in [5, 5.41) is 73.5. The van der Waals surface area contributed by atoms with Gasteiger partial charge in [-0.25, -0.2) is 18.7 Å².